The molecule has 0 aliphatic heterocycles. The molecule has 3 aromatic rings. The van der Waals surface area contributed by atoms with Crippen LogP contribution in [0.2, 0.25) is 0 Å². The lowest BCUT2D eigenvalue weighted by Crippen LogP contribution is -2.20. The molecule has 1 unspecified atom stereocenters. The van der Waals surface area contributed by atoms with E-state index in [2.05, 4.69) is 48.1 Å². The van der Waals surface area contributed by atoms with Crippen molar-refractivity contribution in [3.63, 3.8) is 0 Å². The Morgan fingerprint density at radius 2 is 1.74 bits per heavy atom. The van der Waals surface area contributed by atoms with Crippen LogP contribution < -0.4 is 4.74 Å². The van der Waals surface area contributed by atoms with Crippen molar-refractivity contribution >= 4 is 10.8 Å². The van der Waals surface area contributed by atoms with Gasteiger partial charge in [-0.15, -0.1) is 13.2 Å². The van der Waals surface area contributed by atoms with Crippen LogP contribution in [0.4, 0.5) is 17.6 Å². The monoisotopic (exact) mass is 430 g/mol. The lowest BCUT2D eigenvalue weighted by atomic mass is 9.79. The molecule has 0 saturated carbocycles. The summed E-state index contributed by atoms with van der Waals surface area (Å²) in [5.74, 6) is -1.41. The van der Waals surface area contributed by atoms with Crippen LogP contribution in [0.3, 0.4) is 0 Å². The van der Waals surface area contributed by atoms with Crippen molar-refractivity contribution in [3.05, 3.63) is 76.6 Å². The summed E-state index contributed by atoms with van der Waals surface area (Å²) in [4.78, 5) is 0. The van der Waals surface area contributed by atoms with Gasteiger partial charge < -0.3 is 4.74 Å². The average Bonchev–Trinajstić information content (AvgIpc) is 2.74. The van der Waals surface area contributed by atoms with Gasteiger partial charge in [0.1, 0.15) is 0 Å². The molecule has 0 amide bonds. The zero-order valence-electron chi connectivity index (χ0n) is 17.6. The third kappa shape index (κ3) is 5.03. The minimum atomic E-state index is -4.90. The number of halogens is 4. The Morgan fingerprint density at radius 1 is 0.968 bits per heavy atom. The fourth-order valence-corrected chi connectivity index (χ4v) is 4.58. The van der Waals surface area contributed by atoms with E-state index in [9.17, 15) is 17.6 Å². The van der Waals surface area contributed by atoms with Crippen LogP contribution in [-0.2, 0) is 19.3 Å². The lowest BCUT2D eigenvalue weighted by Gasteiger charge is -2.26. The van der Waals surface area contributed by atoms with Crippen molar-refractivity contribution in [2.75, 3.05) is 0 Å². The molecular formula is C26H26F4O. The molecule has 0 spiro atoms. The Bertz CT molecular complexity index is 1070. The van der Waals surface area contributed by atoms with Gasteiger partial charge in [0, 0.05) is 0 Å². The second-order valence-corrected chi connectivity index (χ2v) is 8.40. The molecular weight excluding hydrogens is 404 g/mol. The summed E-state index contributed by atoms with van der Waals surface area (Å²) in [6.45, 7) is 2.20. The standard InChI is InChI=1S/C26H26F4O/c1-2-3-4-5-17-6-7-19-15-20(9-8-18(19)14-17)21-10-12-23-22(16-21)11-13-24(25(23)27)31-26(28,29)30/h6-9,11,13-15,21H,2-5,10,12,16H2,1H3. The molecule has 5 heteroatoms. The van der Waals surface area contributed by atoms with E-state index in [-0.39, 0.29) is 5.92 Å². The van der Waals surface area contributed by atoms with Crippen LogP contribution in [0.15, 0.2) is 48.5 Å². The second-order valence-electron chi connectivity index (χ2n) is 8.40. The van der Waals surface area contributed by atoms with Crippen LogP contribution in [0.25, 0.3) is 10.8 Å². The highest BCUT2D eigenvalue weighted by molar-refractivity contribution is 5.84. The second kappa shape index (κ2) is 8.89. The first kappa shape index (κ1) is 21.7. The summed E-state index contributed by atoms with van der Waals surface area (Å²) < 4.78 is 55.8. The van der Waals surface area contributed by atoms with Gasteiger partial charge in [-0.05, 0) is 77.1 Å². The van der Waals surface area contributed by atoms with E-state index in [0.717, 1.165) is 18.1 Å². The number of benzene rings is 3. The topological polar surface area (TPSA) is 9.23 Å². The molecule has 0 N–H and O–H groups in total. The smallest absolute Gasteiger partial charge is 0.403 e. The minimum Gasteiger partial charge on any atom is -0.403 e. The molecule has 31 heavy (non-hydrogen) atoms. The number of fused-ring (bicyclic) bond motifs is 2. The molecule has 0 saturated heterocycles. The molecule has 3 aromatic carbocycles. The van der Waals surface area contributed by atoms with E-state index in [1.54, 1.807) is 6.07 Å². The molecule has 1 aliphatic rings. The van der Waals surface area contributed by atoms with E-state index < -0.39 is 17.9 Å². The van der Waals surface area contributed by atoms with Crippen molar-refractivity contribution in [1.82, 2.24) is 0 Å². The number of unbranched alkanes of at least 4 members (excludes halogenated alkanes) is 2. The van der Waals surface area contributed by atoms with E-state index in [4.69, 9.17) is 0 Å². The van der Waals surface area contributed by atoms with Gasteiger partial charge >= 0.3 is 6.36 Å². The number of hydrogen-bond donors (Lipinski definition) is 0. The third-order valence-corrected chi connectivity index (χ3v) is 6.21. The molecule has 0 aromatic heterocycles. The Hall–Kier alpha value is -2.56. The normalized spacial score (nSPS) is 16.4. The van der Waals surface area contributed by atoms with E-state index in [1.807, 2.05) is 0 Å². The maximum Gasteiger partial charge on any atom is 0.573 e. The lowest BCUT2D eigenvalue weighted by molar-refractivity contribution is -0.275. The third-order valence-electron chi connectivity index (χ3n) is 6.21. The van der Waals surface area contributed by atoms with E-state index >= 15 is 0 Å². The fraction of sp³-hybridized carbons (Fsp3) is 0.385. The summed E-state index contributed by atoms with van der Waals surface area (Å²) in [5.41, 5.74) is 3.64. The van der Waals surface area contributed by atoms with Crippen molar-refractivity contribution in [3.8, 4) is 5.75 Å². The minimum absolute atomic E-state index is 0.218. The predicted molar refractivity (Wildman–Crippen MR) is 115 cm³/mol. The molecule has 0 fully saturated rings. The zero-order chi connectivity index (χ0) is 22.0. The van der Waals surface area contributed by atoms with Gasteiger partial charge in [0.25, 0.3) is 0 Å². The highest BCUT2D eigenvalue weighted by Crippen LogP contribution is 2.38. The summed E-state index contributed by atoms with van der Waals surface area (Å²) in [6.07, 6.45) is 1.55. The largest absolute Gasteiger partial charge is 0.573 e. The van der Waals surface area contributed by atoms with Crippen LogP contribution >= 0.6 is 0 Å². The number of alkyl halides is 3. The molecule has 0 heterocycles. The highest BCUT2D eigenvalue weighted by Gasteiger charge is 2.34. The maximum absolute atomic E-state index is 14.5. The van der Waals surface area contributed by atoms with Gasteiger partial charge in [-0.1, -0.05) is 62.2 Å². The van der Waals surface area contributed by atoms with Crippen molar-refractivity contribution in [2.24, 2.45) is 0 Å². The van der Waals surface area contributed by atoms with E-state index in [0.29, 0.717) is 24.8 Å². The van der Waals surface area contributed by atoms with Gasteiger partial charge in [0.05, 0.1) is 0 Å². The van der Waals surface area contributed by atoms with Crippen molar-refractivity contribution in [2.45, 2.75) is 64.1 Å². The van der Waals surface area contributed by atoms with Crippen LogP contribution in [0.5, 0.6) is 5.75 Å². The van der Waals surface area contributed by atoms with Gasteiger partial charge in [-0.3, -0.25) is 0 Å². The van der Waals surface area contributed by atoms with Gasteiger partial charge in [0.2, 0.25) is 0 Å². The Morgan fingerprint density at radius 3 is 2.52 bits per heavy atom. The number of aryl methyl sites for hydroxylation is 1. The van der Waals surface area contributed by atoms with Crippen LogP contribution in [-0.4, -0.2) is 6.36 Å². The SMILES string of the molecule is CCCCCc1ccc2cc(C3CCc4c(ccc(OC(F)(F)F)c4F)C3)ccc2c1. The Kier molecular flexibility index (Phi) is 6.22. The fourth-order valence-electron chi connectivity index (χ4n) is 4.58. The van der Waals surface area contributed by atoms with Gasteiger partial charge in [0.15, 0.2) is 11.6 Å². The summed E-state index contributed by atoms with van der Waals surface area (Å²) in [5, 5.41) is 2.40. The van der Waals surface area contributed by atoms with Crippen molar-refractivity contribution < 1.29 is 22.3 Å². The quantitative estimate of drug-likeness (QED) is 0.285. The maximum atomic E-state index is 14.5. The zero-order valence-corrected chi connectivity index (χ0v) is 17.6. The molecule has 4 rings (SSSR count). The highest BCUT2D eigenvalue weighted by atomic mass is 19.4. The first-order valence-electron chi connectivity index (χ1n) is 10.9. The molecule has 1 nitrogen and oxygen atoms in total. The summed E-state index contributed by atoms with van der Waals surface area (Å²) >= 11 is 0. The summed E-state index contributed by atoms with van der Waals surface area (Å²) in [6, 6.07) is 15.7. The average molecular weight is 430 g/mol. The summed E-state index contributed by atoms with van der Waals surface area (Å²) in [7, 11) is 0. The Balaban J connectivity index is 1.52. The number of rotatable bonds is 6. The number of hydrogen-bond acceptors (Lipinski definition) is 1. The molecule has 164 valence electrons. The molecule has 1 aliphatic carbocycles. The number of ether oxygens (including phenoxy) is 1. The van der Waals surface area contributed by atoms with Gasteiger partial charge in [-0.2, -0.15) is 0 Å². The van der Waals surface area contributed by atoms with Gasteiger partial charge in [-0.25, -0.2) is 4.39 Å². The van der Waals surface area contributed by atoms with Crippen LogP contribution in [0.1, 0.15) is 60.8 Å². The first-order valence-corrected chi connectivity index (χ1v) is 10.9. The van der Waals surface area contributed by atoms with E-state index in [1.165, 1.54) is 41.2 Å². The Labute approximate surface area is 180 Å². The molecule has 1 atom stereocenters. The van der Waals surface area contributed by atoms with Crippen LogP contribution in [0, 0.1) is 5.82 Å². The predicted octanol–water partition coefficient (Wildman–Crippen LogP) is 7.88. The van der Waals surface area contributed by atoms with Crippen molar-refractivity contribution in [1.29, 1.82) is 0 Å². The molecule has 0 radical (unpaired) electrons. The first-order chi connectivity index (χ1) is 14.8. The molecule has 0 bridgehead atoms.